The van der Waals surface area contributed by atoms with Crippen molar-refractivity contribution in [2.24, 2.45) is 0 Å². The van der Waals surface area contributed by atoms with Crippen LogP contribution < -0.4 is 0 Å². The van der Waals surface area contributed by atoms with E-state index in [2.05, 4.69) is 44.0 Å². The number of rotatable bonds is 0. The monoisotopic (exact) mass is 147 g/mol. The Labute approximate surface area is 67.7 Å². The fraction of sp³-hybridized carbons (Fsp3) is 0.400. The molecule has 2 aliphatic rings. The topological polar surface area (TPSA) is 3.24 Å². The zero-order chi connectivity index (χ0) is 8.01. The van der Waals surface area contributed by atoms with Gasteiger partial charge in [-0.2, -0.15) is 0 Å². The van der Waals surface area contributed by atoms with Crippen LogP contribution in [0.1, 0.15) is 13.8 Å². The fourth-order valence-electron chi connectivity index (χ4n) is 1.69. The van der Waals surface area contributed by atoms with E-state index in [-0.39, 0.29) is 0 Å². The van der Waals surface area contributed by atoms with Gasteiger partial charge in [0.25, 0.3) is 0 Å². The van der Waals surface area contributed by atoms with Gasteiger partial charge in [0.1, 0.15) is 0 Å². The summed E-state index contributed by atoms with van der Waals surface area (Å²) < 4.78 is 0. The van der Waals surface area contributed by atoms with Crippen molar-refractivity contribution < 1.29 is 0 Å². The Morgan fingerprint density at radius 2 is 2.09 bits per heavy atom. The highest BCUT2D eigenvalue weighted by molar-refractivity contribution is 5.54. The molecule has 0 aromatic rings. The first-order valence-electron chi connectivity index (χ1n) is 4.03. The molecule has 0 aromatic carbocycles. The first-order chi connectivity index (χ1) is 5.18. The average Bonchev–Trinajstić information content (AvgIpc) is 2.37. The molecule has 58 valence electrons. The van der Waals surface area contributed by atoms with E-state index in [0.29, 0.717) is 6.04 Å². The van der Waals surface area contributed by atoms with Crippen molar-refractivity contribution in [3.8, 4) is 0 Å². The van der Waals surface area contributed by atoms with Crippen molar-refractivity contribution >= 4 is 0 Å². The lowest BCUT2D eigenvalue weighted by molar-refractivity contribution is 0.404. The average molecular weight is 147 g/mol. The normalized spacial score (nSPS) is 28.1. The molecule has 0 spiro atoms. The molecule has 0 N–H and O–H groups in total. The van der Waals surface area contributed by atoms with Gasteiger partial charge in [0.15, 0.2) is 0 Å². The van der Waals surface area contributed by atoms with Crippen molar-refractivity contribution in [1.29, 1.82) is 0 Å². The molecule has 1 aliphatic heterocycles. The summed E-state index contributed by atoms with van der Waals surface area (Å²) in [6.07, 6.45) is 6.80. The van der Waals surface area contributed by atoms with Gasteiger partial charge in [-0.05, 0) is 31.1 Å². The van der Waals surface area contributed by atoms with E-state index in [1.54, 1.807) is 0 Å². The Morgan fingerprint density at radius 1 is 1.36 bits per heavy atom. The molecular formula is C10H13N. The Bertz CT molecular complexity index is 281. The van der Waals surface area contributed by atoms with Gasteiger partial charge in [0.05, 0.1) is 0 Å². The van der Waals surface area contributed by atoms with E-state index in [4.69, 9.17) is 0 Å². The van der Waals surface area contributed by atoms with Crippen molar-refractivity contribution in [3.63, 3.8) is 0 Å². The number of hydrogen-bond donors (Lipinski definition) is 0. The van der Waals surface area contributed by atoms with Crippen LogP contribution in [-0.4, -0.2) is 18.0 Å². The number of nitrogens with zero attached hydrogens (tertiary/aromatic N) is 1. The highest BCUT2D eigenvalue weighted by atomic mass is 15.2. The van der Waals surface area contributed by atoms with Crippen LogP contribution in [0.4, 0.5) is 0 Å². The summed E-state index contributed by atoms with van der Waals surface area (Å²) in [5, 5.41) is 0. The molecule has 0 bridgehead atoms. The van der Waals surface area contributed by atoms with Crippen LogP contribution in [0, 0.1) is 0 Å². The first-order valence-corrected chi connectivity index (χ1v) is 4.03. The quantitative estimate of drug-likeness (QED) is 0.507. The number of allylic oxidation sites excluding steroid dienone is 3. The summed E-state index contributed by atoms with van der Waals surface area (Å²) in [6.45, 7) is 4.36. The summed E-state index contributed by atoms with van der Waals surface area (Å²) in [5.41, 5.74) is 4.15. The number of fused-ring (bicyclic) bond motifs is 1. The molecule has 0 radical (unpaired) electrons. The smallest absolute Gasteiger partial charge is 0.0451 e. The predicted molar refractivity (Wildman–Crippen MR) is 47.1 cm³/mol. The molecule has 0 fully saturated rings. The largest absolute Gasteiger partial charge is 0.368 e. The molecule has 11 heavy (non-hydrogen) atoms. The van der Waals surface area contributed by atoms with E-state index in [1.165, 1.54) is 16.8 Å². The molecule has 0 saturated heterocycles. The molecule has 1 atom stereocenters. The molecule has 0 saturated carbocycles. The van der Waals surface area contributed by atoms with E-state index in [0.717, 1.165) is 0 Å². The maximum absolute atomic E-state index is 2.31. The van der Waals surface area contributed by atoms with Crippen LogP contribution in [0.3, 0.4) is 0 Å². The molecule has 1 unspecified atom stereocenters. The van der Waals surface area contributed by atoms with Crippen LogP contribution in [0.2, 0.25) is 0 Å². The summed E-state index contributed by atoms with van der Waals surface area (Å²) in [7, 11) is 2.15. The molecule has 1 aliphatic carbocycles. The molecule has 0 amide bonds. The van der Waals surface area contributed by atoms with Crippen molar-refractivity contribution in [2.75, 3.05) is 7.05 Å². The summed E-state index contributed by atoms with van der Waals surface area (Å²) in [5.74, 6) is 0. The van der Waals surface area contributed by atoms with E-state index in [9.17, 15) is 0 Å². The van der Waals surface area contributed by atoms with Crippen LogP contribution in [0.25, 0.3) is 0 Å². The third-order valence-corrected chi connectivity index (χ3v) is 2.45. The summed E-state index contributed by atoms with van der Waals surface area (Å²) in [4.78, 5) is 2.31. The molecule has 1 nitrogen and oxygen atoms in total. The van der Waals surface area contributed by atoms with E-state index >= 15 is 0 Å². The van der Waals surface area contributed by atoms with Crippen LogP contribution in [0.15, 0.2) is 35.1 Å². The van der Waals surface area contributed by atoms with Gasteiger partial charge in [0.2, 0.25) is 0 Å². The molecular weight excluding hydrogens is 134 g/mol. The lowest BCUT2D eigenvalue weighted by Crippen LogP contribution is -2.20. The first kappa shape index (κ1) is 6.71. The Morgan fingerprint density at radius 3 is 2.73 bits per heavy atom. The van der Waals surface area contributed by atoms with Gasteiger partial charge < -0.3 is 4.90 Å². The standard InChI is InChI=1S/C10H13N/c1-7-4-9-6-8(2)11(3)10(9)5-7/h4-6,8H,1-3H3. The fourth-order valence-corrected chi connectivity index (χ4v) is 1.69. The van der Waals surface area contributed by atoms with Crippen LogP contribution >= 0.6 is 0 Å². The molecule has 1 heteroatoms. The van der Waals surface area contributed by atoms with Crippen molar-refractivity contribution in [1.82, 2.24) is 4.90 Å². The van der Waals surface area contributed by atoms with Gasteiger partial charge in [-0.1, -0.05) is 12.2 Å². The molecule has 2 rings (SSSR count). The van der Waals surface area contributed by atoms with Gasteiger partial charge in [-0.3, -0.25) is 0 Å². The van der Waals surface area contributed by atoms with E-state index < -0.39 is 0 Å². The Balaban J connectivity index is 2.42. The van der Waals surface area contributed by atoms with Crippen LogP contribution in [-0.2, 0) is 0 Å². The second-order valence-corrected chi connectivity index (χ2v) is 3.39. The van der Waals surface area contributed by atoms with Gasteiger partial charge in [-0.25, -0.2) is 0 Å². The Kier molecular flexibility index (Phi) is 1.22. The second kappa shape index (κ2) is 2.00. The maximum atomic E-state index is 2.31. The lowest BCUT2D eigenvalue weighted by Gasteiger charge is -2.18. The summed E-state index contributed by atoms with van der Waals surface area (Å²) >= 11 is 0. The van der Waals surface area contributed by atoms with Gasteiger partial charge in [-0.15, -0.1) is 0 Å². The highest BCUT2D eigenvalue weighted by Crippen LogP contribution is 2.32. The van der Waals surface area contributed by atoms with Crippen LogP contribution in [0.5, 0.6) is 0 Å². The number of hydrogen-bond acceptors (Lipinski definition) is 1. The summed E-state index contributed by atoms with van der Waals surface area (Å²) in [6, 6.07) is 0.570. The SMILES string of the molecule is CC1=CC2=CC(C)N(C)C2=C1. The predicted octanol–water partition coefficient (Wildman–Crippen LogP) is 2.09. The van der Waals surface area contributed by atoms with Crippen molar-refractivity contribution in [2.45, 2.75) is 19.9 Å². The third-order valence-electron chi connectivity index (χ3n) is 2.45. The maximum Gasteiger partial charge on any atom is 0.0451 e. The number of likely N-dealkylation sites (N-methyl/N-ethyl adjacent to an activating group) is 1. The van der Waals surface area contributed by atoms with Crippen molar-refractivity contribution in [3.05, 3.63) is 35.1 Å². The minimum atomic E-state index is 0.570. The van der Waals surface area contributed by atoms with Gasteiger partial charge in [0, 0.05) is 18.8 Å². The lowest BCUT2D eigenvalue weighted by atomic mass is 10.2. The van der Waals surface area contributed by atoms with E-state index in [1.807, 2.05) is 0 Å². The molecule has 1 heterocycles. The minimum Gasteiger partial charge on any atom is -0.368 e. The zero-order valence-electron chi connectivity index (χ0n) is 7.26. The minimum absolute atomic E-state index is 0.570. The van der Waals surface area contributed by atoms with Gasteiger partial charge >= 0.3 is 0 Å². The second-order valence-electron chi connectivity index (χ2n) is 3.39. The molecule has 0 aromatic heterocycles. The zero-order valence-corrected chi connectivity index (χ0v) is 7.26. The Hall–Kier alpha value is -0.980. The highest BCUT2D eigenvalue weighted by Gasteiger charge is 2.23. The third kappa shape index (κ3) is 0.839.